The fourth-order valence-corrected chi connectivity index (χ4v) is 3.12. The molecule has 3 aromatic rings. The SMILES string of the molecule is CCc1cccc(NC(=S)NNC(=O)Cc2cn3ccsc3n2)c1. The average Bonchev–Trinajstić information content (AvgIpc) is 3.14. The standard InChI is InChI=1S/C16H17N5OS2/c1-2-11-4-3-5-12(8-11)17-15(23)20-19-14(22)9-13-10-21-6-7-24-16(21)18-13/h3-8,10H,2,9H2,1H3,(H,19,22)(H2,17,20,23). The molecule has 0 saturated carbocycles. The van der Waals surface area contributed by atoms with E-state index in [-0.39, 0.29) is 12.3 Å². The van der Waals surface area contributed by atoms with E-state index in [9.17, 15) is 4.79 Å². The van der Waals surface area contributed by atoms with Gasteiger partial charge in [0, 0.05) is 23.5 Å². The number of imidazole rings is 1. The first kappa shape index (κ1) is 16.4. The number of fused-ring (bicyclic) bond motifs is 1. The Balaban J connectivity index is 1.48. The van der Waals surface area contributed by atoms with E-state index in [1.54, 1.807) is 0 Å². The van der Waals surface area contributed by atoms with Crippen molar-refractivity contribution in [3.05, 3.63) is 53.3 Å². The Hall–Kier alpha value is -2.45. The second-order valence-corrected chi connectivity index (χ2v) is 6.46. The first-order valence-corrected chi connectivity index (χ1v) is 8.78. The Morgan fingerprint density at radius 1 is 1.38 bits per heavy atom. The van der Waals surface area contributed by atoms with Gasteiger partial charge in [-0.1, -0.05) is 19.1 Å². The number of amides is 1. The van der Waals surface area contributed by atoms with E-state index in [4.69, 9.17) is 12.2 Å². The van der Waals surface area contributed by atoms with E-state index in [2.05, 4.69) is 34.1 Å². The molecule has 0 radical (unpaired) electrons. The molecule has 6 nitrogen and oxygen atoms in total. The van der Waals surface area contributed by atoms with Crippen LogP contribution in [0.15, 0.2) is 42.0 Å². The molecule has 3 N–H and O–H groups in total. The van der Waals surface area contributed by atoms with Crippen LogP contribution in [0, 0.1) is 0 Å². The summed E-state index contributed by atoms with van der Waals surface area (Å²) in [6.45, 7) is 2.09. The molecular formula is C16H17N5OS2. The lowest BCUT2D eigenvalue weighted by atomic mass is 10.1. The summed E-state index contributed by atoms with van der Waals surface area (Å²) in [5.41, 5.74) is 8.10. The summed E-state index contributed by atoms with van der Waals surface area (Å²) >= 11 is 6.71. The molecule has 0 fully saturated rings. The number of nitrogens with zero attached hydrogens (tertiary/aromatic N) is 2. The van der Waals surface area contributed by atoms with E-state index in [1.165, 1.54) is 16.9 Å². The quantitative estimate of drug-likeness (QED) is 0.493. The molecule has 0 spiro atoms. The third-order valence-electron chi connectivity index (χ3n) is 3.39. The summed E-state index contributed by atoms with van der Waals surface area (Å²) in [6, 6.07) is 7.96. The molecule has 1 amide bonds. The molecule has 2 aromatic heterocycles. The van der Waals surface area contributed by atoms with Crippen LogP contribution in [0.2, 0.25) is 0 Å². The Morgan fingerprint density at radius 3 is 3.04 bits per heavy atom. The van der Waals surface area contributed by atoms with Gasteiger partial charge in [-0.2, -0.15) is 0 Å². The minimum atomic E-state index is -0.202. The zero-order valence-corrected chi connectivity index (χ0v) is 14.7. The fraction of sp³-hybridized carbons (Fsp3) is 0.188. The summed E-state index contributed by atoms with van der Waals surface area (Å²) in [7, 11) is 0. The zero-order valence-electron chi connectivity index (χ0n) is 13.1. The van der Waals surface area contributed by atoms with Crippen LogP contribution in [0.1, 0.15) is 18.2 Å². The normalized spacial score (nSPS) is 10.5. The highest BCUT2D eigenvalue weighted by atomic mass is 32.1. The molecule has 0 unspecified atom stereocenters. The van der Waals surface area contributed by atoms with E-state index < -0.39 is 0 Å². The van der Waals surface area contributed by atoms with Crippen LogP contribution in [0.5, 0.6) is 0 Å². The van der Waals surface area contributed by atoms with Gasteiger partial charge < -0.3 is 5.32 Å². The number of carbonyl (C=O) groups excluding carboxylic acids is 1. The van der Waals surface area contributed by atoms with E-state index in [1.807, 2.05) is 40.4 Å². The van der Waals surface area contributed by atoms with Crippen molar-refractivity contribution in [2.24, 2.45) is 0 Å². The minimum Gasteiger partial charge on any atom is -0.331 e. The highest BCUT2D eigenvalue weighted by Crippen LogP contribution is 2.12. The van der Waals surface area contributed by atoms with Crippen LogP contribution < -0.4 is 16.2 Å². The Morgan fingerprint density at radius 2 is 2.25 bits per heavy atom. The van der Waals surface area contributed by atoms with Gasteiger partial charge in [-0.15, -0.1) is 11.3 Å². The lowest BCUT2D eigenvalue weighted by Crippen LogP contribution is -2.44. The van der Waals surface area contributed by atoms with Gasteiger partial charge >= 0.3 is 0 Å². The number of hydrogen-bond donors (Lipinski definition) is 3. The highest BCUT2D eigenvalue weighted by molar-refractivity contribution is 7.80. The molecular weight excluding hydrogens is 342 g/mol. The van der Waals surface area contributed by atoms with Crippen LogP contribution in [0.4, 0.5) is 5.69 Å². The number of anilines is 1. The molecule has 0 atom stereocenters. The summed E-state index contributed by atoms with van der Waals surface area (Å²) in [4.78, 5) is 17.2. The Kier molecular flexibility index (Phi) is 5.07. The number of aryl methyl sites for hydroxylation is 1. The van der Waals surface area contributed by atoms with Crippen molar-refractivity contribution in [2.75, 3.05) is 5.32 Å². The number of thiocarbonyl (C=S) groups is 1. The van der Waals surface area contributed by atoms with Crippen LogP contribution >= 0.6 is 23.6 Å². The number of thiazole rings is 1. The predicted molar refractivity (Wildman–Crippen MR) is 100 cm³/mol. The fourth-order valence-electron chi connectivity index (χ4n) is 2.23. The first-order chi connectivity index (χ1) is 11.6. The first-order valence-electron chi connectivity index (χ1n) is 7.50. The molecule has 0 bridgehead atoms. The van der Waals surface area contributed by atoms with Gasteiger partial charge in [-0.25, -0.2) is 4.98 Å². The van der Waals surface area contributed by atoms with Crippen LogP contribution in [0.25, 0.3) is 4.96 Å². The molecule has 24 heavy (non-hydrogen) atoms. The third-order valence-corrected chi connectivity index (χ3v) is 4.37. The Labute approximate surface area is 148 Å². The van der Waals surface area contributed by atoms with Crippen molar-refractivity contribution in [1.29, 1.82) is 0 Å². The molecule has 0 aliphatic heterocycles. The number of nitrogens with one attached hydrogen (secondary N) is 3. The number of benzene rings is 1. The largest absolute Gasteiger partial charge is 0.331 e. The highest BCUT2D eigenvalue weighted by Gasteiger charge is 2.08. The van der Waals surface area contributed by atoms with E-state index >= 15 is 0 Å². The van der Waals surface area contributed by atoms with Crippen LogP contribution in [-0.2, 0) is 17.6 Å². The molecule has 0 aliphatic carbocycles. The summed E-state index contributed by atoms with van der Waals surface area (Å²) in [5, 5.41) is 5.33. The van der Waals surface area contributed by atoms with Gasteiger partial charge in [0.25, 0.3) is 0 Å². The van der Waals surface area contributed by atoms with Crippen molar-refractivity contribution in [2.45, 2.75) is 19.8 Å². The maximum Gasteiger partial charge on any atom is 0.244 e. The number of rotatable bonds is 4. The maximum atomic E-state index is 12.0. The Bertz CT molecular complexity index is 842. The minimum absolute atomic E-state index is 0.190. The van der Waals surface area contributed by atoms with Gasteiger partial charge in [0.15, 0.2) is 10.1 Å². The molecule has 1 aromatic carbocycles. The van der Waals surface area contributed by atoms with Gasteiger partial charge in [0.2, 0.25) is 5.91 Å². The van der Waals surface area contributed by atoms with E-state index in [0.717, 1.165) is 22.8 Å². The lowest BCUT2D eigenvalue weighted by Gasteiger charge is -2.12. The second kappa shape index (κ2) is 7.41. The smallest absolute Gasteiger partial charge is 0.244 e. The number of hydrazine groups is 1. The summed E-state index contributed by atoms with van der Waals surface area (Å²) in [6.07, 6.45) is 4.90. The summed E-state index contributed by atoms with van der Waals surface area (Å²) < 4.78 is 1.90. The molecule has 0 saturated heterocycles. The van der Waals surface area contributed by atoms with Crippen molar-refractivity contribution in [3.63, 3.8) is 0 Å². The van der Waals surface area contributed by atoms with Crippen LogP contribution in [0.3, 0.4) is 0 Å². The number of carbonyl (C=O) groups is 1. The number of aromatic nitrogens is 2. The average molecular weight is 359 g/mol. The maximum absolute atomic E-state index is 12.0. The zero-order chi connectivity index (χ0) is 16.9. The van der Waals surface area contributed by atoms with Gasteiger partial charge in [0.1, 0.15) is 0 Å². The third kappa shape index (κ3) is 4.09. The molecule has 2 heterocycles. The van der Waals surface area contributed by atoms with Crippen molar-refractivity contribution >= 4 is 45.2 Å². The second-order valence-electron chi connectivity index (χ2n) is 5.18. The predicted octanol–water partition coefficient (Wildman–Crippen LogP) is 2.52. The van der Waals surface area contributed by atoms with Gasteiger partial charge in [0.05, 0.1) is 12.1 Å². The lowest BCUT2D eigenvalue weighted by molar-refractivity contribution is -0.121. The monoisotopic (exact) mass is 359 g/mol. The summed E-state index contributed by atoms with van der Waals surface area (Å²) in [5.74, 6) is -0.202. The van der Waals surface area contributed by atoms with Crippen molar-refractivity contribution in [3.8, 4) is 0 Å². The molecule has 8 heteroatoms. The number of hydrogen-bond acceptors (Lipinski definition) is 4. The van der Waals surface area contributed by atoms with Gasteiger partial charge in [-0.05, 0) is 36.3 Å². The van der Waals surface area contributed by atoms with Gasteiger partial charge in [-0.3, -0.25) is 20.0 Å². The molecule has 0 aliphatic rings. The molecule has 124 valence electrons. The van der Waals surface area contributed by atoms with Crippen LogP contribution in [-0.4, -0.2) is 20.4 Å². The molecule has 3 rings (SSSR count). The van der Waals surface area contributed by atoms with E-state index in [0.29, 0.717) is 5.11 Å². The van der Waals surface area contributed by atoms with Crippen molar-refractivity contribution < 1.29 is 4.79 Å². The topological polar surface area (TPSA) is 70.5 Å². The van der Waals surface area contributed by atoms with Crippen molar-refractivity contribution in [1.82, 2.24) is 20.2 Å².